The zero-order valence-electron chi connectivity index (χ0n) is 16.3. The van der Waals surface area contributed by atoms with Gasteiger partial charge in [-0.3, -0.25) is 4.90 Å². The van der Waals surface area contributed by atoms with Gasteiger partial charge in [-0.15, -0.1) is 0 Å². The lowest BCUT2D eigenvalue weighted by atomic mass is 10.1. The standard InChI is InChI=1S/C23H27N3O2/c1-18-7-8-19-16-20(17-27)23(24-22(19)15-18)26-11-9-25(10-12-26)13-14-28-21-5-3-2-4-6-21/h2-8,15-16,27H,9-14,17H2,1H3. The largest absolute Gasteiger partial charge is 0.492 e. The normalized spacial score (nSPS) is 15.1. The van der Waals surface area contributed by atoms with Crippen molar-refractivity contribution in [1.29, 1.82) is 0 Å². The van der Waals surface area contributed by atoms with E-state index in [0.717, 1.165) is 60.8 Å². The number of aliphatic hydroxyl groups is 1. The average Bonchev–Trinajstić information content (AvgIpc) is 2.74. The number of piperazine rings is 1. The number of rotatable bonds is 6. The topological polar surface area (TPSA) is 48.8 Å². The van der Waals surface area contributed by atoms with Gasteiger partial charge < -0.3 is 14.7 Å². The smallest absolute Gasteiger partial charge is 0.134 e. The molecule has 0 spiro atoms. The Morgan fingerprint density at radius 2 is 1.79 bits per heavy atom. The van der Waals surface area contributed by atoms with E-state index in [-0.39, 0.29) is 6.61 Å². The highest BCUT2D eigenvalue weighted by Crippen LogP contribution is 2.25. The third-order valence-corrected chi connectivity index (χ3v) is 5.29. The average molecular weight is 377 g/mol. The minimum Gasteiger partial charge on any atom is -0.492 e. The molecule has 1 N–H and O–H groups in total. The number of para-hydroxylation sites is 1. The minimum absolute atomic E-state index is 0.0112. The van der Waals surface area contributed by atoms with Gasteiger partial charge >= 0.3 is 0 Å². The van der Waals surface area contributed by atoms with Crippen LogP contribution in [-0.2, 0) is 6.61 Å². The number of fused-ring (bicyclic) bond motifs is 1. The summed E-state index contributed by atoms with van der Waals surface area (Å²) < 4.78 is 5.82. The molecule has 3 aromatic rings. The molecular weight excluding hydrogens is 350 g/mol. The van der Waals surface area contributed by atoms with Crippen LogP contribution in [-0.4, -0.2) is 54.3 Å². The minimum atomic E-state index is 0.0112. The third-order valence-electron chi connectivity index (χ3n) is 5.29. The van der Waals surface area contributed by atoms with Crippen LogP contribution >= 0.6 is 0 Å². The Kier molecular flexibility index (Phi) is 5.74. The van der Waals surface area contributed by atoms with Crippen LogP contribution in [0.15, 0.2) is 54.6 Å². The Balaban J connectivity index is 1.38. The summed E-state index contributed by atoms with van der Waals surface area (Å²) in [6, 6.07) is 18.3. The number of aromatic nitrogens is 1. The number of ether oxygens (including phenoxy) is 1. The zero-order valence-corrected chi connectivity index (χ0v) is 16.3. The van der Waals surface area contributed by atoms with Gasteiger partial charge in [0.15, 0.2) is 0 Å². The number of benzene rings is 2. The summed E-state index contributed by atoms with van der Waals surface area (Å²) in [5.41, 5.74) is 3.09. The van der Waals surface area contributed by atoms with Gasteiger partial charge in [0.25, 0.3) is 0 Å². The SMILES string of the molecule is Cc1ccc2cc(CO)c(N3CCN(CCOc4ccccc4)CC3)nc2c1. The molecule has 1 aliphatic heterocycles. The molecule has 2 heterocycles. The Bertz CT molecular complexity index is 922. The fourth-order valence-electron chi connectivity index (χ4n) is 3.69. The summed E-state index contributed by atoms with van der Waals surface area (Å²) in [6.07, 6.45) is 0. The molecule has 1 aliphatic rings. The van der Waals surface area contributed by atoms with Gasteiger partial charge in [-0.05, 0) is 36.8 Å². The van der Waals surface area contributed by atoms with E-state index in [2.05, 4.69) is 41.0 Å². The van der Waals surface area contributed by atoms with Crippen molar-refractivity contribution < 1.29 is 9.84 Å². The summed E-state index contributed by atoms with van der Waals surface area (Å²) in [7, 11) is 0. The van der Waals surface area contributed by atoms with Crippen LogP contribution < -0.4 is 9.64 Å². The first kappa shape index (κ1) is 18.7. The van der Waals surface area contributed by atoms with Crippen LogP contribution in [0.5, 0.6) is 5.75 Å². The number of hydrogen-bond acceptors (Lipinski definition) is 5. The van der Waals surface area contributed by atoms with Crippen LogP contribution in [0, 0.1) is 6.92 Å². The van der Waals surface area contributed by atoms with Gasteiger partial charge in [-0.25, -0.2) is 4.98 Å². The van der Waals surface area contributed by atoms with E-state index in [4.69, 9.17) is 9.72 Å². The predicted molar refractivity (Wildman–Crippen MR) is 113 cm³/mol. The zero-order chi connectivity index (χ0) is 19.3. The Morgan fingerprint density at radius 3 is 2.54 bits per heavy atom. The predicted octanol–water partition coefficient (Wildman–Crippen LogP) is 3.24. The van der Waals surface area contributed by atoms with Crippen LogP contribution in [0.4, 0.5) is 5.82 Å². The Labute approximate surface area is 166 Å². The van der Waals surface area contributed by atoms with Crippen LogP contribution in [0.1, 0.15) is 11.1 Å². The number of nitrogens with zero attached hydrogens (tertiary/aromatic N) is 3. The van der Waals surface area contributed by atoms with Crippen molar-refractivity contribution in [2.75, 3.05) is 44.2 Å². The van der Waals surface area contributed by atoms with Gasteiger partial charge in [0.1, 0.15) is 18.2 Å². The molecule has 146 valence electrons. The Hall–Kier alpha value is -2.63. The third kappa shape index (κ3) is 4.26. The molecule has 0 amide bonds. The van der Waals surface area contributed by atoms with Gasteiger partial charge in [-0.1, -0.05) is 30.3 Å². The van der Waals surface area contributed by atoms with Crippen LogP contribution in [0.2, 0.25) is 0 Å². The van der Waals surface area contributed by atoms with Crippen molar-refractivity contribution in [3.63, 3.8) is 0 Å². The fourth-order valence-corrected chi connectivity index (χ4v) is 3.69. The highest BCUT2D eigenvalue weighted by Gasteiger charge is 2.20. The molecule has 28 heavy (non-hydrogen) atoms. The molecule has 0 saturated carbocycles. The summed E-state index contributed by atoms with van der Waals surface area (Å²) in [5, 5.41) is 10.9. The molecule has 5 heteroatoms. The molecule has 1 aromatic heterocycles. The lowest BCUT2D eigenvalue weighted by Crippen LogP contribution is -2.48. The fraction of sp³-hybridized carbons (Fsp3) is 0.348. The van der Waals surface area contributed by atoms with Crippen LogP contribution in [0.25, 0.3) is 10.9 Å². The van der Waals surface area contributed by atoms with Crippen molar-refractivity contribution >= 4 is 16.7 Å². The first-order valence-electron chi connectivity index (χ1n) is 9.89. The maximum atomic E-state index is 9.85. The molecule has 0 atom stereocenters. The first-order chi connectivity index (χ1) is 13.7. The van der Waals surface area contributed by atoms with Crippen molar-refractivity contribution in [1.82, 2.24) is 9.88 Å². The molecule has 4 rings (SSSR count). The quantitative estimate of drug-likeness (QED) is 0.715. The highest BCUT2D eigenvalue weighted by atomic mass is 16.5. The molecular formula is C23H27N3O2. The lowest BCUT2D eigenvalue weighted by Gasteiger charge is -2.36. The number of pyridine rings is 1. The summed E-state index contributed by atoms with van der Waals surface area (Å²) >= 11 is 0. The van der Waals surface area contributed by atoms with E-state index < -0.39 is 0 Å². The molecule has 1 fully saturated rings. The van der Waals surface area contributed by atoms with E-state index in [9.17, 15) is 5.11 Å². The van der Waals surface area contributed by atoms with Crippen LogP contribution in [0.3, 0.4) is 0 Å². The summed E-state index contributed by atoms with van der Waals surface area (Å²) in [6.45, 7) is 7.45. The maximum absolute atomic E-state index is 9.85. The van der Waals surface area contributed by atoms with Crippen molar-refractivity contribution in [2.24, 2.45) is 0 Å². The van der Waals surface area contributed by atoms with Crippen molar-refractivity contribution in [3.05, 3.63) is 65.7 Å². The van der Waals surface area contributed by atoms with Gasteiger partial charge in [0.05, 0.1) is 12.1 Å². The van der Waals surface area contributed by atoms with E-state index in [1.165, 1.54) is 5.56 Å². The second kappa shape index (κ2) is 8.59. The molecule has 1 saturated heterocycles. The number of aryl methyl sites for hydroxylation is 1. The monoisotopic (exact) mass is 377 g/mol. The Morgan fingerprint density at radius 1 is 1.00 bits per heavy atom. The number of hydrogen-bond donors (Lipinski definition) is 1. The van der Waals surface area contributed by atoms with E-state index in [1.807, 2.05) is 30.3 Å². The number of anilines is 1. The maximum Gasteiger partial charge on any atom is 0.134 e. The number of aliphatic hydroxyl groups excluding tert-OH is 1. The van der Waals surface area contributed by atoms with Crippen molar-refractivity contribution in [3.8, 4) is 5.75 Å². The molecule has 0 bridgehead atoms. The van der Waals surface area contributed by atoms with Crippen molar-refractivity contribution in [2.45, 2.75) is 13.5 Å². The molecule has 0 radical (unpaired) electrons. The summed E-state index contributed by atoms with van der Waals surface area (Å²) in [5.74, 6) is 1.84. The summed E-state index contributed by atoms with van der Waals surface area (Å²) in [4.78, 5) is 9.59. The van der Waals surface area contributed by atoms with E-state index >= 15 is 0 Å². The van der Waals surface area contributed by atoms with E-state index in [1.54, 1.807) is 0 Å². The van der Waals surface area contributed by atoms with Gasteiger partial charge in [0.2, 0.25) is 0 Å². The van der Waals surface area contributed by atoms with E-state index in [0.29, 0.717) is 6.61 Å². The van der Waals surface area contributed by atoms with Gasteiger partial charge in [-0.2, -0.15) is 0 Å². The first-order valence-corrected chi connectivity index (χ1v) is 9.89. The lowest BCUT2D eigenvalue weighted by molar-refractivity contribution is 0.200. The van der Waals surface area contributed by atoms with Gasteiger partial charge in [0, 0.05) is 43.7 Å². The second-order valence-electron chi connectivity index (χ2n) is 7.32. The highest BCUT2D eigenvalue weighted by molar-refractivity contribution is 5.82. The molecule has 2 aromatic carbocycles. The molecule has 0 unspecified atom stereocenters. The second-order valence-corrected chi connectivity index (χ2v) is 7.32. The molecule has 5 nitrogen and oxygen atoms in total. The molecule has 0 aliphatic carbocycles.